The van der Waals surface area contributed by atoms with E-state index in [1.165, 1.54) is 0 Å². The van der Waals surface area contributed by atoms with Crippen molar-refractivity contribution in [3.63, 3.8) is 0 Å². The number of nitrogens with zero attached hydrogens (tertiary/aromatic N) is 2. The zero-order valence-corrected chi connectivity index (χ0v) is 13.3. The summed E-state index contributed by atoms with van der Waals surface area (Å²) in [6, 6.07) is 7.17. The topological polar surface area (TPSA) is 49.9 Å². The smallest absolute Gasteiger partial charge is 0.310 e. The van der Waals surface area contributed by atoms with Crippen molar-refractivity contribution in [2.45, 2.75) is 19.8 Å². The van der Waals surface area contributed by atoms with Gasteiger partial charge < -0.3 is 14.5 Å². The first kappa shape index (κ1) is 17.2. The van der Waals surface area contributed by atoms with Crippen molar-refractivity contribution in [2.75, 3.05) is 34.2 Å². The van der Waals surface area contributed by atoms with E-state index in [1.807, 2.05) is 31.1 Å². The van der Waals surface area contributed by atoms with Gasteiger partial charge in [-0.05, 0) is 20.2 Å². The Kier molecular flexibility index (Phi) is 6.88. The zero-order chi connectivity index (χ0) is 15.8. The number of carbonyl (C=O) groups is 2. The lowest BCUT2D eigenvalue weighted by Crippen LogP contribution is -2.34. The van der Waals surface area contributed by atoms with E-state index in [-0.39, 0.29) is 18.3 Å². The number of benzene rings is 1. The summed E-state index contributed by atoms with van der Waals surface area (Å²) < 4.78 is 5.26. The third kappa shape index (κ3) is 5.95. The van der Waals surface area contributed by atoms with Crippen LogP contribution in [-0.2, 0) is 16.0 Å². The maximum absolute atomic E-state index is 12.2. The van der Waals surface area contributed by atoms with Gasteiger partial charge in [0, 0.05) is 32.1 Å². The van der Waals surface area contributed by atoms with Crippen molar-refractivity contribution in [2.24, 2.45) is 0 Å². The van der Waals surface area contributed by atoms with Gasteiger partial charge in [-0.1, -0.05) is 25.1 Å². The number of hydrogen-bond donors (Lipinski definition) is 0. The molecule has 0 aliphatic heterocycles. The van der Waals surface area contributed by atoms with Gasteiger partial charge in [-0.25, -0.2) is 0 Å². The minimum Gasteiger partial charge on any atom is -0.426 e. The van der Waals surface area contributed by atoms with E-state index in [0.29, 0.717) is 18.7 Å². The molecule has 0 unspecified atom stereocenters. The number of para-hydroxylation sites is 1. The quantitative estimate of drug-likeness (QED) is 0.565. The summed E-state index contributed by atoms with van der Waals surface area (Å²) in [5.74, 6) is 0.186. The van der Waals surface area contributed by atoms with Crippen LogP contribution in [0, 0.1) is 0 Å². The van der Waals surface area contributed by atoms with Gasteiger partial charge in [-0.15, -0.1) is 0 Å². The zero-order valence-electron chi connectivity index (χ0n) is 13.3. The Bertz CT molecular complexity index is 486. The van der Waals surface area contributed by atoms with Crippen LogP contribution in [0.5, 0.6) is 5.75 Å². The molecule has 1 rings (SSSR count). The van der Waals surface area contributed by atoms with Crippen LogP contribution in [0.4, 0.5) is 0 Å². The Morgan fingerprint density at radius 1 is 1.10 bits per heavy atom. The van der Waals surface area contributed by atoms with Crippen molar-refractivity contribution >= 4 is 11.9 Å². The van der Waals surface area contributed by atoms with Crippen molar-refractivity contribution in [3.05, 3.63) is 29.8 Å². The SMILES string of the molecule is CCC(=O)Oc1ccccc1CC(=O)N(C)CCN(C)C. The summed E-state index contributed by atoms with van der Waals surface area (Å²) >= 11 is 0. The van der Waals surface area contributed by atoms with Crippen molar-refractivity contribution in [3.8, 4) is 5.75 Å². The molecule has 0 bridgehead atoms. The maximum atomic E-state index is 12.2. The Labute approximate surface area is 126 Å². The first-order valence-electron chi connectivity index (χ1n) is 7.11. The summed E-state index contributed by atoms with van der Waals surface area (Å²) in [4.78, 5) is 27.3. The lowest BCUT2D eigenvalue weighted by atomic mass is 10.1. The summed E-state index contributed by atoms with van der Waals surface area (Å²) in [5.41, 5.74) is 0.737. The fourth-order valence-corrected chi connectivity index (χ4v) is 1.72. The monoisotopic (exact) mass is 292 g/mol. The molecule has 0 saturated carbocycles. The van der Waals surface area contributed by atoms with Gasteiger partial charge in [0.05, 0.1) is 6.42 Å². The molecule has 0 N–H and O–H groups in total. The lowest BCUT2D eigenvalue weighted by molar-refractivity contribution is -0.134. The average Bonchev–Trinajstić information content (AvgIpc) is 2.46. The number of rotatable bonds is 7. The molecular weight excluding hydrogens is 268 g/mol. The minimum absolute atomic E-state index is 0.0110. The third-order valence-corrected chi connectivity index (χ3v) is 3.14. The molecule has 0 saturated heterocycles. The second-order valence-corrected chi connectivity index (χ2v) is 5.23. The maximum Gasteiger partial charge on any atom is 0.310 e. The Hall–Kier alpha value is -1.88. The van der Waals surface area contributed by atoms with Gasteiger partial charge in [-0.2, -0.15) is 0 Å². The predicted molar refractivity (Wildman–Crippen MR) is 82.3 cm³/mol. The molecule has 5 heteroatoms. The fraction of sp³-hybridized carbons (Fsp3) is 0.500. The van der Waals surface area contributed by atoms with Crippen LogP contribution in [0.3, 0.4) is 0 Å². The second kappa shape index (κ2) is 8.42. The number of likely N-dealkylation sites (N-methyl/N-ethyl adjacent to an activating group) is 2. The van der Waals surface area contributed by atoms with Crippen LogP contribution in [-0.4, -0.2) is 55.9 Å². The number of ether oxygens (including phenoxy) is 1. The molecule has 1 amide bonds. The molecule has 0 spiro atoms. The molecule has 1 aromatic rings. The summed E-state index contributed by atoms with van der Waals surface area (Å²) in [6.45, 7) is 3.22. The Morgan fingerprint density at radius 2 is 1.76 bits per heavy atom. The third-order valence-electron chi connectivity index (χ3n) is 3.14. The van der Waals surface area contributed by atoms with Crippen molar-refractivity contribution in [1.82, 2.24) is 9.80 Å². The highest BCUT2D eigenvalue weighted by Gasteiger charge is 2.14. The molecule has 21 heavy (non-hydrogen) atoms. The molecule has 1 aromatic carbocycles. The molecule has 0 aliphatic carbocycles. The van der Waals surface area contributed by atoms with Gasteiger partial charge in [0.15, 0.2) is 0 Å². The van der Waals surface area contributed by atoms with Gasteiger partial charge in [0.25, 0.3) is 0 Å². The van der Waals surface area contributed by atoms with Crippen LogP contribution in [0.1, 0.15) is 18.9 Å². The number of esters is 1. The second-order valence-electron chi connectivity index (χ2n) is 5.23. The molecular formula is C16H24N2O3. The van der Waals surface area contributed by atoms with E-state index in [0.717, 1.165) is 12.1 Å². The van der Waals surface area contributed by atoms with E-state index in [2.05, 4.69) is 0 Å². The van der Waals surface area contributed by atoms with Crippen LogP contribution >= 0.6 is 0 Å². The van der Waals surface area contributed by atoms with Gasteiger partial charge in [0.1, 0.15) is 5.75 Å². The van der Waals surface area contributed by atoms with E-state index in [9.17, 15) is 9.59 Å². The standard InChI is InChI=1S/C16H24N2O3/c1-5-16(20)21-14-9-7-6-8-13(14)12-15(19)18(4)11-10-17(2)3/h6-9H,5,10-12H2,1-4H3. The number of carbonyl (C=O) groups excluding carboxylic acids is 2. The molecule has 5 nitrogen and oxygen atoms in total. The van der Waals surface area contributed by atoms with Crippen LogP contribution in [0.25, 0.3) is 0 Å². The molecule has 0 heterocycles. The lowest BCUT2D eigenvalue weighted by Gasteiger charge is -2.20. The van der Waals surface area contributed by atoms with E-state index < -0.39 is 0 Å². The fourth-order valence-electron chi connectivity index (χ4n) is 1.72. The molecule has 0 aromatic heterocycles. The average molecular weight is 292 g/mol. The molecule has 116 valence electrons. The first-order valence-corrected chi connectivity index (χ1v) is 7.11. The molecule has 0 atom stereocenters. The highest BCUT2D eigenvalue weighted by atomic mass is 16.5. The van der Waals surface area contributed by atoms with Crippen molar-refractivity contribution in [1.29, 1.82) is 0 Å². The first-order chi connectivity index (χ1) is 9.93. The Morgan fingerprint density at radius 3 is 2.38 bits per heavy atom. The summed E-state index contributed by atoms with van der Waals surface area (Å²) in [7, 11) is 5.72. The predicted octanol–water partition coefficient (Wildman–Crippen LogP) is 1.56. The summed E-state index contributed by atoms with van der Waals surface area (Å²) in [5, 5.41) is 0. The van der Waals surface area contributed by atoms with Crippen molar-refractivity contribution < 1.29 is 14.3 Å². The van der Waals surface area contributed by atoms with E-state index in [4.69, 9.17) is 4.74 Å². The molecule has 0 fully saturated rings. The van der Waals surface area contributed by atoms with Crippen LogP contribution in [0.2, 0.25) is 0 Å². The minimum atomic E-state index is -0.295. The summed E-state index contributed by atoms with van der Waals surface area (Å²) in [6.07, 6.45) is 0.544. The largest absolute Gasteiger partial charge is 0.426 e. The van der Waals surface area contributed by atoms with Gasteiger partial charge in [0.2, 0.25) is 5.91 Å². The normalized spacial score (nSPS) is 10.5. The number of hydrogen-bond acceptors (Lipinski definition) is 4. The molecule has 0 aliphatic rings. The highest BCUT2D eigenvalue weighted by Crippen LogP contribution is 2.19. The van der Waals surface area contributed by atoms with E-state index >= 15 is 0 Å². The number of amides is 1. The van der Waals surface area contributed by atoms with Gasteiger partial charge in [-0.3, -0.25) is 9.59 Å². The molecule has 0 radical (unpaired) electrons. The highest BCUT2D eigenvalue weighted by molar-refractivity contribution is 5.80. The van der Waals surface area contributed by atoms with Crippen LogP contribution < -0.4 is 4.74 Å². The van der Waals surface area contributed by atoms with E-state index in [1.54, 1.807) is 31.0 Å². The van der Waals surface area contributed by atoms with Gasteiger partial charge >= 0.3 is 5.97 Å². The van der Waals surface area contributed by atoms with Crippen LogP contribution in [0.15, 0.2) is 24.3 Å². The Balaban J connectivity index is 2.69.